The first-order valence-corrected chi connectivity index (χ1v) is 5.75. The van der Waals surface area contributed by atoms with Gasteiger partial charge in [-0.1, -0.05) is 30.3 Å². The number of hydrogen-bond donors (Lipinski definition) is 0. The summed E-state index contributed by atoms with van der Waals surface area (Å²) in [5, 5.41) is 0. The van der Waals surface area contributed by atoms with Crippen LogP contribution in [0.15, 0.2) is 47.7 Å². The Morgan fingerprint density at radius 1 is 1.10 bits per heavy atom. The van der Waals surface area contributed by atoms with Gasteiger partial charge in [0, 0.05) is 7.11 Å². The van der Waals surface area contributed by atoms with Crippen molar-refractivity contribution in [2.45, 2.75) is 12.0 Å². The van der Waals surface area contributed by atoms with Gasteiger partial charge in [-0.15, -0.1) is 0 Å². The number of methoxy groups -OCH3 is 2. The second-order valence-electron chi connectivity index (χ2n) is 4.15. The van der Waals surface area contributed by atoms with E-state index in [1.54, 1.807) is 18.2 Å². The lowest BCUT2D eigenvalue weighted by atomic mass is 9.91. The van der Waals surface area contributed by atoms with Crippen LogP contribution in [0.2, 0.25) is 0 Å². The van der Waals surface area contributed by atoms with Crippen molar-refractivity contribution in [3.63, 3.8) is 0 Å². The zero-order chi connectivity index (χ0) is 14.9. The molecule has 0 aromatic heterocycles. The maximum Gasteiger partial charge on any atom is 0.305 e. The fourth-order valence-corrected chi connectivity index (χ4v) is 2.08. The molecule has 0 saturated carbocycles. The molecule has 0 saturated heterocycles. The molecule has 0 fully saturated rings. The highest BCUT2D eigenvalue weighted by Gasteiger charge is 2.54. The predicted octanol–water partition coefficient (Wildman–Crippen LogP) is 3.86. The molecule has 2 atom stereocenters. The molecule has 2 nitrogen and oxygen atoms in total. The van der Waals surface area contributed by atoms with Gasteiger partial charge in [0.15, 0.2) is 17.4 Å². The van der Waals surface area contributed by atoms with Gasteiger partial charge in [-0.2, -0.15) is 4.39 Å². The maximum atomic E-state index is 14.5. The van der Waals surface area contributed by atoms with Crippen molar-refractivity contribution in [3.8, 4) is 0 Å². The van der Waals surface area contributed by atoms with Crippen LogP contribution in [0.5, 0.6) is 0 Å². The summed E-state index contributed by atoms with van der Waals surface area (Å²) in [5.74, 6) is -7.29. The van der Waals surface area contributed by atoms with Gasteiger partial charge in [0.2, 0.25) is 6.17 Å². The second-order valence-corrected chi connectivity index (χ2v) is 4.15. The van der Waals surface area contributed by atoms with Crippen molar-refractivity contribution >= 4 is 5.57 Å². The smallest absolute Gasteiger partial charge is 0.305 e. The van der Waals surface area contributed by atoms with E-state index in [-0.39, 0.29) is 5.56 Å². The Morgan fingerprint density at radius 3 is 2.20 bits per heavy atom. The van der Waals surface area contributed by atoms with E-state index in [9.17, 15) is 17.6 Å². The van der Waals surface area contributed by atoms with Crippen LogP contribution in [0.3, 0.4) is 0 Å². The third-order valence-corrected chi connectivity index (χ3v) is 3.08. The predicted molar refractivity (Wildman–Crippen MR) is 65.4 cm³/mol. The van der Waals surface area contributed by atoms with E-state index < -0.39 is 35.0 Å². The van der Waals surface area contributed by atoms with E-state index in [1.165, 1.54) is 12.1 Å². The van der Waals surface area contributed by atoms with Crippen molar-refractivity contribution in [2.24, 2.45) is 0 Å². The fourth-order valence-electron chi connectivity index (χ4n) is 2.08. The summed E-state index contributed by atoms with van der Waals surface area (Å²) in [5.41, 5.74) is -0.341. The van der Waals surface area contributed by atoms with Gasteiger partial charge in [0.25, 0.3) is 0 Å². The Kier molecular flexibility index (Phi) is 3.85. The number of halogens is 4. The average Bonchev–Trinajstić information content (AvgIpc) is 2.49. The Morgan fingerprint density at radius 2 is 1.70 bits per heavy atom. The highest BCUT2D eigenvalue weighted by Crippen LogP contribution is 2.47. The number of ether oxygens (including phenoxy) is 2. The monoisotopic (exact) mass is 288 g/mol. The van der Waals surface area contributed by atoms with E-state index >= 15 is 0 Å². The molecule has 1 aromatic carbocycles. The molecular formula is C14H12F4O2. The van der Waals surface area contributed by atoms with Crippen LogP contribution in [0.4, 0.5) is 17.6 Å². The third-order valence-electron chi connectivity index (χ3n) is 3.08. The van der Waals surface area contributed by atoms with E-state index in [2.05, 4.69) is 4.74 Å². The minimum absolute atomic E-state index is 0.156. The molecule has 0 aliphatic heterocycles. The summed E-state index contributed by atoms with van der Waals surface area (Å²) in [6.07, 6.45) is -2.92. The van der Waals surface area contributed by atoms with Crippen LogP contribution in [0, 0.1) is 0 Å². The molecule has 2 rings (SSSR count). The van der Waals surface area contributed by atoms with Crippen molar-refractivity contribution in [1.29, 1.82) is 0 Å². The van der Waals surface area contributed by atoms with Crippen LogP contribution in [-0.4, -0.2) is 26.2 Å². The van der Waals surface area contributed by atoms with Gasteiger partial charge < -0.3 is 9.47 Å². The van der Waals surface area contributed by atoms with E-state index in [0.717, 1.165) is 14.2 Å². The molecule has 20 heavy (non-hydrogen) atoms. The van der Waals surface area contributed by atoms with Crippen LogP contribution >= 0.6 is 0 Å². The summed E-state index contributed by atoms with van der Waals surface area (Å²) in [6, 6.07) is 7.60. The van der Waals surface area contributed by atoms with Crippen molar-refractivity contribution in [3.05, 3.63) is 53.3 Å². The van der Waals surface area contributed by atoms with Crippen molar-refractivity contribution in [2.75, 3.05) is 14.2 Å². The van der Waals surface area contributed by atoms with Crippen molar-refractivity contribution in [1.82, 2.24) is 0 Å². The number of allylic oxidation sites excluding steroid dienone is 2. The summed E-state index contributed by atoms with van der Waals surface area (Å²) >= 11 is 0. The van der Waals surface area contributed by atoms with Gasteiger partial charge in [-0.05, 0) is 5.56 Å². The molecule has 0 bridgehead atoms. The highest BCUT2D eigenvalue weighted by molar-refractivity contribution is 5.81. The van der Waals surface area contributed by atoms with E-state index in [0.29, 0.717) is 0 Å². The highest BCUT2D eigenvalue weighted by atomic mass is 19.2. The summed E-state index contributed by atoms with van der Waals surface area (Å²) in [6.45, 7) is 0. The van der Waals surface area contributed by atoms with E-state index in [4.69, 9.17) is 4.74 Å². The molecule has 0 N–H and O–H groups in total. The standard InChI is InChI=1S/C14H12F4O2/c1-19-13-9(8-6-4-3-5-7-8)10(15)11(16)12(17)14(13,18)20-2/h3-7,12H,1-2H3. The number of benzene rings is 1. The quantitative estimate of drug-likeness (QED) is 0.786. The third kappa shape index (κ3) is 2.00. The second kappa shape index (κ2) is 5.28. The van der Waals surface area contributed by atoms with Crippen LogP contribution in [-0.2, 0) is 9.47 Å². The minimum atomic E-state index is -3.21. The Hall–Kier alpha value is -1.82. The SMILES string of the molecule is COC1=C(c2ccccc2)C(F)=C(F)C(F)C1(F)OC. The zero-order valence-corrected chi connectivity index (χ0v) is 10.8. The molecule has 6 heteroatoms. The largest absolute Gasteiger partial charge is 0.494 e. The van der Waals surface area contributed by atoms with Gasteiger partial charge in [-0.25, -0.2) is 13.2 Å². The normalized spacial score (nSPS) is 27.0. The summed E-state index contributed by atoms with van der Waals surface area (Å²) < 4.78 is 65.0. The molecular weight excluding hydrogens is 276 g/mol. The molecule has 108 valence electrons. The topological polar surface area (TPSA) is 18.5 Å². The first-order chi connectivity index (χ1) is 9.47. The lowest BCUT2D eigenvalue weighted by Gasteiger charge is -2.33. The average molecular weight is 288 g/mol. The lowest BCUT2D eigenvalue weighted by Crippen LogP contribution is -2.43. The van der Waals surface area contributed by atoms with Gasteiger partial charge in [0.05, 0.1) is 12.7 Å². The Balaban J connectivity index is 2.74. The zero-order valence-electron chi connectivity index (χ0n) is 10.8. The van der Waals surface area contributed by atoms with E-state index in [1.807, 2.05) is 0 Å². The number of alkyl halides is 2. The summed E-state index contributed by atoms with van der Waals surface area (Å²) in [7, 11) is 1.89. The molecule has 1 aromatic rings. The first kappa shape index (κ1) is 14.6. The first-order valence-electron chi connectivity index (χ1n) is 5.75. The number of hydrogen-bond acceptors (Lipinski definition) is 2. The summed E-state index contributed by atoms with van der Waals surface area (Å²) in [4.78, 5) is 0. The van der Waals surface area contributed by atoms with Crippen LogP contribution in [0.1, 0.15) is 5.56 Å². The lowest BCUT2D eigenvalue weighted by molar-refractivity contribution is -0.160. The maximum absolute atomic E-state index is 14.5. The van der Waals surface area contributed by atoms with Crippen LogP contribution in [0.25, 0.3) is 5.57 Å². The molecule has 0 amide bonds. The van der Waals surface area contributed by atoms with Gasteiger partial charge >= 0.3 is 5.85 Å². The molecule has 1 aliphatic carbocycles. The molecule has 2 unspecified atom stereocenters. The van der Waals surface area contributed by atoms with Crippen molar-refractivity contribution < 1.29 is 27.0 Å². The van der Waals surface area contributed by atoms with Gasteiger partial charge in [-0.3, -0.25) is 0 Å². The minimum Gasteiger partial charge on any atom is -0.494 e. The number of rotatable bonds is 3. The fraction of sp³-hybridized carbons (Fsp3) is 0.286. The molecule has 0 spiro atoms. The molecule has 0 radical (unpaired) electrons. The molecule has 0 heterocycles. The Bertz CT molecular complexity index is 568. The van der Waals surface area contributed by atoms with Crippen LogP contribution < -0.4 is 0 Å². The Labute approximate surface area is 113 Å². The van der Waals surface area contributed by atoms with Gasteiger partial charge in [0.1, 0.15) is 0 Å². The molecule has 1 aliphatic rings.